The maximum atomic E-state index is 14.2. The van der Waals surface area contributed by atoms with E-state index in [1.807, 2.05) is 31.2 Å². The zero-order chi connectivity index (χ0) is 20.4. The molecule has 1 saturated heterocycles. The fourth-order valence-corrected chi connectivity index (χ4v) is 3.64. The highest BCUT2D eigenvalue weighted by molar-refractivity contribution is 6.31. The van der Waals surface area contributed by atoms with E-state index < -0.39 is 11.9 Å². The van der Waals surface area contributed by atoms with Gasteiger partial charge in [0.05, 0.1) is 13.2 Å². The summed E-state index contributed by atoms with van der Waals surface area (Å²) in [4.78, 5) is 18.5. The van der Waals surface area contributed by atoms with Crippen LogP contribution in [-0.2, 0) is 11.3 Å². The largest absolute Gasteiger partial charge is 0.494 e. The number of carbonyl (C=O) groups is 1. The second-order valence-corrected chi connectivity index (χ2v) is 7.10. The molecular formula is C21H19ClFN3O3. The third-order valence-corrected chi connectivity index (χ3v) is 5.20. The van der Waals surface area contributed by atoms with Gasteiger partial charge in [0.25, 0.3) is 0 Å². The summed E-state index contributed by atoms with van der Waals surface area (Å²) in [6.07, 6.45) is 0.847. The van der Waals surface area contributed by atoms with Crippen molar-refractivity contribution >= 4 is 17.5 Å². The van der Waals surface area contributed by atoms with Gasteiger partial charge >= 0.3 is 0 Å². The summed E-state index contributed by atoms with van der Waals surface area (Å²) in [5, 5.41) is 4.33. The summed E-state index contributed by atoms with van der Waals surface area (Å²) in [6, 6.07) is 11.4. The number of rotatable bonds is 6. The molecule has 0 N–H and O–H groups in total. The fourth-order valence-electron chi connectivity index (χ4n) is 3.42. The molecular weight excluding hydrogens is 397 g/mol. The Labute approximate surface area is 172 Å². The Kier molecular flexibility index (Phi) is 5.49. The van der Waals surface area contributed by atoms with Crippen LogP contribution in [0.25, 0.3) is 11.4 Å². The van der Waals surface area contributed by atoms with E-state index >= 15 is 0 Å². The van der Waals surface area contributed by atoms with Crippen molar-refractivity contribution < 1.29 is 18.4 Å². The highest BCUT2D eigenvalue weighted by Gasteiger charge is 2.36. The predicted octanol–water partition coefficient (Wildman–Crippen LogP) is 4.79. The fraction of sp³-hybridized carbons (Fsp3) is 0.286. The first-order chi connectivity index (χ1) is 14.1. The molecule has 1 aliphatic heterocycles. The molecule has 6 nitrogen and oxygen atoms in total. The van der Waals surface area contributed by atoms with Crippen molar-refractivity contribution in [1.29, 1.82) is 0 Å². The summed E-state index contributed by atoms with van der Waals surface area (Å²) < 4.78 is 25.2. The molecule has 2 aromatic carbocycles. The van der Waals surface area contributed by atoms with E-state index in [1.54, 1.807) is 6.07 Å². The highest BCUT2D eigenvalue weighted by Crippen LogP contribution is 2.35. The van der Waals surface area contributed by atoms with E-state index in [9.17, 15) is 9.18 Å². The van der Waals surface area contributed by atoms with E-state index in [1.165, 1.54) is 17.0 Å². The second-order valence-electron chi connectivity index (χ2n) is 6.69. The number of aromatic nitrogens is 2. The molecule has 1 aromatic heterocycles. The summed E-state index contributed by atoms with van der Waals surface area (Å²) in [5.41, 5.74) is 1.03. The van der Waals surface area contributed by atoms with Crippen LogP contribution in [-0.4, -0.2) is 27.6 Å². The lowest BCUT2D eigenvalue weighted by atomic mass is 10.1. The lowest BCUT2D eigenvalue weighted by Crippen LogP contribution is -2.28. The normalized spacial score (nSPS) is 16.4. The van der Waals surface area contributed by atoms with Gasteiger partial charge in [-0.2, -0.15) is 4.98 Å². The van der Waals surface area contributed by atoms with Crippen molar-refractivity contribution in [3.05, 3.63) is 64.8 Å². The van der Waals surface area contributed by atoms with Gasteiger partial charge in [0.2, 0.25) is 17.6 Å². The standard InChI is InChI=1S/C21H19ClFN3O3/c1-2-28-14-6-3-5-13(11-14)20-24-21(29-25-20)18-9-10-19(27)26(18)12-15-16(22)7-4-8-17(15)23/h3-8,11,18H,2,9-10,12H2,1H3. The maximum Gasteiger partial charge on any atom is 0.249 e. The van der Waals surface area contributed by atoms with E-state index in [0.29, 0.717) is 36.9 Å². The van der Waals surface area contributed by atoms with Crippen LogP contribution in [0.3, 0.4) is 0 Å². The van der Waals surface area contributed by atoms with Gasteiger partial charge in [0, 0.05) is 22.6 Å². The Bertz CT molecular complexity index is 1020. The lowest BCUT2D eigenvalue weighted by molar-refractivity contribution is -0.130. The van der Waals surface area contributed by atoms with Gasteiger partial charge in [0.15, 0.2) is 0 Å². The first kappa shape index (κ1) is 19.4. The number of nitrogens with zero attached hydrogens (tertiary/aromatic N) is 3. The average molecular weight is 416 g/mol. The van der Waals surface area contributed by atoms with Crippen molar-refractivity contribution in [2.24, 2.45) is 0 Å². The van der Waals surface area contributed by atoms with Crippen LogP contribution >= 0.6 is 11.6 Å². The Morgan fingerprint density at radius 2 is 2.14 bits per heavy atom. The van der Waals surface area contributed by atoms with Crippen LogP contribution in [0.1, 0.15) is 37.3 Å². The predicted molar refractivity (Wildman–Crippen MR) is 105 cm³/mol. The summed E-state index contributed by atoms with van der Waals surface area (Å²) in [6.45, 7) is 2.51. The van der Waals surface area contributed by atoms with E-state index in [2.05, 4.69) is 10.1 Å². The number of ether oxygens (including phenoxy) is 1. The van der Waals surface area contributed by atoms with Crippen molar-refractivity contribution in [2.75, 3.05) is 6.61 Å². The molecule has 0 bridgehead atoms. The van der Waals surface area contributed by atoms with Gasteiger partial charge in [-0.05, 0) is 37.6 Å². The quantitative estimate of drug-likeness (QED) is 0.579. The molecule has 1 atom stereocenters. The van der Waals surface area contributed by atoms with Crippen LogP contribution in [0, 0.1) is 5.82 Å². The van der Waals surface area contributed by atoms with Gasteiger partial charge < -0.3 is 14.2 Å². The molecule has 0 spiro atoms. The van der Waals surface area contributed by atoms with Gasteiger partial charge in [-0.15, -0.1) is 0 Å². The maximum absolute atomic E-state index is 14.2. The minimum absolute atomic E-state index is 0.0482. The molecule has 2 heterocycles. The highest BCUT2D eigenvalue weighted by atomic mass is 35.5. The molecule has 0 radical (unpaired) electrons. The first-order valence-corrected chi connectivity index (χ1v) is 9.73. The zero-order valence-electron chi connectivity index (χ0n) is 15.8. The minimum Gasteiger partial charge on any atom is -0.494 e. The topological polar surface area (TPSA) is 68.5 Å². The lowest BCUT2D eigenvalue weighted by Gasteiger charge is -2.22. The van der Waals surface area contributed by atoms with Gasteiger partial charge in [-0.1, -0.05) is 35.0 Å². The third kappa shape index (κ3) is 3.96. The summed E-state index contributed by atoms with van der Waals surface area (Å²) in [5.74, 6) is 0.885. The van der Waals surface area contributed by atoms with Gasteiger partial charge in [0.1, 0.15) is 17.6 Å². The molecule has 4 rings (SSSR count). The molecule has 29 heavy (non-hydrogen) atoms. The SMILES string of the molecule is CCOc1cccc(-c2noc(C3CCC(=O)N3Cc3c(F)cccc3Cl)n2)c1. The number of carbonyl (C=O) groups excluding carboxylic acids is 1. The second kappa shape index (κ2) is 8.21. The number of hydrogen-bond donors (Lipinski definition) is 0. The average Bonchev–Trinajstić information content (AvgIpc) is 3.32. The Morgan fingerprint density at radius 3 is 2.93 bits per heavy atom. The number of benzene rings is 2. The van der Waals surface area contributed by atoms with Crippen LogP contribution < -0.4 is 4.74 Å². The Balaban J connectivity index is 1.59. The van der Waals surface area contributed by atoms with Crippen LogP contribution in [0.4, 0.5) is 4.39 Å². The molecule has 1 unspecified atom stereocenters. The zero-order valence-corrected chi connectivity index (χ0v) is 16.5. The van der Waals surface area contributed by atoms with Crippen LogP contribution in [0.2, 0.25) is 5.02 Å². The number of hydrogen-bond acceptors (Lipinski definition) is 5. The summed E-state index contributed by atoms with van der Waals surface area (Å²) >= 11 is 6.13. The molecule has 3 aromatic rings. The molecule has 0 aliphatic carbocycles. The van der Waals surface area contributed by atoms with Gasteiger partial charge in [-0.25, -0.2) is 4.39 Å². The number of halogens is 2. The number of amides is 1. The van der Waals surface area contributed by atoms with Crippen molar-refractivity contribution in [2.45, 2.75) is 32.4 Å². The Morgan fingerprint density at radius 1 is 1.31 bits per heavy atom. The van der Waals surface area contributed by atoms with Gasteiger partial charge in [-0.3, -0.25) is 4.79 Å². The summed E-state index contributed by atoms with van der Waals surface area (Å²) in [7, 11) is 0. The van der Waals surface area contributed by atoms with E-state index in [-0.39, 0.29) is 23.0 Å². The van der Waals surface area contributed by atoms with E-state index in [0.717, 1.165) is 5.56 Å². The van der Waals surface area contributed by atoms with Crippen molar-refractivity contribution in [3.63, 3.8) is 0 Å². The Hall–Kier alpha value is -2.93. The molecule has 0 saturated carbocycles. The molecule has 1 amide bonds. The molecule has 1 aliphatic rings. The third-order valence-electron chi connectivity index (χ3n) is 4.85. The van der Waals surface area contributed by atoms with E-state index in [4.69, 9.17) is 20.9 Å². The molecule has 8 heteroatoms. The molecule has 1 fully saturated rings. The smallest absolute Gasteiger partial charge is 0.249 e. The van der Waals surface area contributed by atoms with Crippen LogP contribution in [0.5, 0.6) is 5.75 Å². The minimum atomic E-state index is -0.449. The first-order valence-electron chi connectivity index (χ1n) is 9.36. The number of likely N-dealkylation sites (tertiary alicyclic amines) is 1. The monoisotopic (exact) mass is 415 g/mol. The van der Waals surface area contributed by atoms with Crippen molar-refractivity contribution in [3.8, 4) is 17.1 Å². The van der Waals surface area contributed by atoms with Crippen molar-refractivity contribution in [1.82, 2.24) is 15.0 Å². The molecule has 150 valence electrons. The van der Waals surface area contributed by atoms with Crippen LogP contribution in [0.15, 0.2) is 47.0 Å².